The highest BCUT2D eigenvalue weighted by Crippen LogP contribution is 2.25. The van der Waals surface area contributed by atoms with Crippen LogP contribution in [0.15, 0.2) is 30.3 Å². The molecule has 0 fully saturated rings. The van der Waals surface area contributed by atoms with Crippen molar-refractivity contribution < 1.29 is 8.78 Å². The van der Waals surface area contributed by atoms with E-state index in [-0.39, 0.29) is 11.6 Å². The number of anilines is 3. The smallest absolute Gasteiger partial charge is 0.178 e. The first-order valence-electron chi connectivity index (χ1n) is 6.33. The van der Waals surface area contributed by atoms with E-state index in [9.17, 15) is 8.78 Å². The van der Waals surface area contributed by atoms with Gasteiger partial charge in [-0.25, -0.2) is 19.6 Å². The molecule has 106 valence electrons. The van der Waals surface area contributed by atoms with Crippen LogP contribution in [-0.2, 0) is 6.42 Å². The predicted octanol–water partition coefficient (Wildman–Crippen LogP) is 3.34. The molecule has 1 aromatic carbocycles. The molecule has 0 saturated heterocycles. The Balaban J connectivity index is 2.35. The zero-order valence-corrected chi connectivity index (χ0v) is 11.1. The van der Waals surface area contributed by atoms with E-state index in [1.807, 2.05) is 24.3 Å². The second-order valence-corrected chi connectivity index (χ2v) is 4.33. The minimum absolute atomic E-state index is 0.0668. The largest absolute Gasteiger partial charge is 0.337 e. The maximum absolute atomic E-state index is 13.7. The second-order valence-electron chi connectivity index (χ2n) is 4.33. The Morgan fingerprint density at radius 3 is 2.55 bits per heavy atom. The Labute approximate surface area is 116 Å². The number of hydrazine groups is 1. The summed E-state index contributed by atoms with van der Waals surface area (Å²) < 4.78 is 27.0. The van der Waals surface area contributed by atoms with Gasteiger partial charge in [0.2, 0.25) is 0 Å². The van der Waals surface area contributed by atoms with Crippen molar-refractivity contribution in [2.45, 2.75) is 19.8 Å². The molecule has 4 nitrogen and oxygen atoms in total. The van der Waals surface area contributed by atoms with Crippen molar-refractivity contribution in [3.63, 3.8) is 0 Å². The quantitative estimate of drug-likeness (QED) is 0.580. The number of hydrogen-bond acceptors (Lipinski definition) is 4. The molecule has 2 rings (SSSR count). The molecule has 0 aliphatic rings. The third kappa shape index (κ3) is 3.03. The van der Waals surface area contributed by atoms with Crippen LogP contribution in [0.4, 0.5) is 26.1 Å². The van der Waals surface area contributed by atoms with Gasteiger partial charge in [-0.15, -0.1) is 0 Å². The minimum atomic E-state index is -0.836. The van der Waals surface area contributed by atoms with Gasteiger partial charge in [0.1, 0.15) is 0 Å². The second kappa shape index (κ2) is 6.29. The molecule has 1 heterocycles. The fourth-order valence-electron chi connectivity index (χ4n) is 1.91. The van der Waals surface area contributed by atoms with Crippen molar-refractivity contribution in [3.8, 4) is 0 Å². The van der Waals surface area contributed by atoms with Crippen molar-refractivity contribution in [2.24, 2.45) is 5.84 Å². The standard InChI is InChI=1S/C14H16F2N4/c1-2-5-9-6-3-4-7-12(9)18-13-10(15)8-11(16)14(19-13)20-17/h3-4,6-8H,2,5,17H2,1H3,(H2,18,19,20). The number of hydrogen-bond donors (Lipinski definition) is 3. The van der Waals surface area contributed by atoms with E-state index < -0.39 is 11.6 Å². The minimum Gasteiger partial charge on any atom is -0.337 e. The summed E-state index contributed by atoms with van der Waals surface area (Å²) in [6.45, 7) is 2.06. The van der Waals surface area contributed by atoms with E-state index >= 15 is 0 Å². The maximum atomic E-state index is 13.7. The van der Waals surface area contributed by atoms with E-state index in [4.69, 9.17) is 5.84 Å². The number of halogens is 2. The number of rotatable bonds is 5. The molecule has 2 aromatic rings. The summed E-state index contributed by atoms with van der Waals surface area (Å²) in [5.41, 5.74) is 3.89. The zero-order chi connectivity index (χ0) is 14.5. The fraction of sp³-hybridized carbons (Fsp3) is 0.214. The molecule has 0 saturated carbocycles. The van der Waals surface area contributed by atoms with E-state index in [1.165, 1.54) is 0 Å². The molecular formula is C14H16F2N4. The molecule has 0 atom stereocenters. The molecule has 4 N–H and O–H groups in total. The van der Waals surface area contributed by atoms with Crippen LogP contribution < -0.4 is 16.6 Å². The van der Waals surface area contributed by atoms with Crippen molar-refractivity contribution in [1.29, 1.82) is 0 Å². The van der Waals surface area contributed by atoms with Gasteiger partial charge in [0, 0.05) is 11.8 Å². The van der Waals surface area contributed by atoms with Gasteiger partial charge in [-0.1, -0.05) is 31.5 Å². The van der Waals surface area contributed by atoms with Crippen molar-refractivity contribution >= 4 is 17.3 Å². The summed E-state index contributed by atoms with van der Waals surface area (Å²) in [5, 5.41) is 2.88. The van der Waals surface area contributed by atoms with Gasteiger partial charge >= 0.3 is 0 Å². The summed E-state index contributed by atoms with van der Waals surface area (Å²) in [4.78, 5) is 3.79. The first-order chi connectivity index (χ1) is 9.65. The molecule has 0 radical (unpaired) electrons. The van der Waals surface area contributed by atoms with Crippen molar-refractivity contribution in [1.82, 2.24) is 4.98 Å². The SMILES string of the molecule is CCCc1ccccc1Nc1nc(NN)c(F)cc1F. The number of nitrogen functional groups attached to an aromatic ring is 1. The van der Waals surface area contributed by atoms with Crippen LogP contribution >= 0.6 is 0 Å². The van der Waals surface area contributed by atoms with Gasteiger partial charge in [0.25, 0.3) is 0 Å². The van der Waals surface area contributed by atoms with E-state index in [2.05, 4.69) is 22.7 Å². The molecule has 0 unspecified atom stereocenters. The van der Waals surface area contributed by atoms with Crippen LogP contribution in [0.3, 0.4) is 0 Å². The highest BCUT2D eigenvalue weighted by molar-refractivity contribution is 5.62. The number of nitrogens with one attached hydrogen (secondary N) is 2. The van der Waals surface area contributed by atoms with Crippen molar-refractivity contribution in [3.05, 3.63) is 47.5 Å². The molecular weight excluding hydrogens is 262 g/mol. The Morgan fingerprint density at radius 2 is 1.85 bits per heavy atom. The van der Waals surface area contributed by atoms with Gasteiger partial charge < -0.3 is 10.7 Å². The maximum Gasteiger partial charge on any atom is 0.178 e. The summed E-state index contributed by atoms with van der Waals surface area (Å²) >= 11 is 0. The number of nitrogens with zero attached hydrogens (tertiary/aromatic N) is 1. The Hall–Kier alpha value is -2.21. The fourth-order valence-corrected chi connectivity index (χ4v) is 1.91. The number of para-hydroxylation sites is 1. The molecule has 0 bridgehead atoms. The molecule has 0 aliphatic carbocycles. The number of nitrogens with two attached hydrogens (primary N) is 1. The summed E-state index contributed by atoms with van der Waals surface area (Å²) in [6, 6.07) is 8.27. The summed E-state index contributed by atoms with van der Waals surface area (Å²) in [6.07, 6.45) is 1.82. The van der Waals surface area contributed by atoms with Gasteiger partial charge in [0.05, 0.1) is 0 Å². The molecule has 0 amide bonds. The highest BCUT2D eigenvalue weighted by Gasteiger charge is 2.12. The average Bonchev–Trinajstić information content (AvgIpc) is 2.44. The third-order valence-corrected chi connectivity index (χ3v) is 2.86. The van der Waals surface area contributed by atoms with Crippen LogP contribution in [-0.4, -0.2) is 4.98 Å². The lowest BCUT2D eigenvalue weighted by Gasteiger charge is -2.12. The number of benzene rings is 1. The highest BCUT2D eigenvalue weighted by atomic mass is 19.1. The Bertz CT molecular complexity index is 602. The predicted molar refractivity (Wildman–Crippen MR) is 75.7 cm³/mol. The lowest BCUT2D eigenvalue weighted by atomic mass is 10.1. The lowest BCUT2D eigenvalue weighted by molar-refractivity contribution is 0.579. The molecule has 6 heteroatoms. The lowest BCUT2D eigenvalue weighted by Crippen LogP contribution is -2.12. The number of aryl methyl sites for hydroxylation is 1. The van der Waals surface area contributed by atoms with Gasteiger partial charge in [-0.2, -0.15) is 0 Å². The Morgan fingerprint density at radius 1 is 1.15 bits per heavy atom. The van der Waals surface area contributed by atoms with Crippen LogP contribution in [0, 0.1) is 11.6 Å². The monoisotopic (exact) mass is 278 g/mol. The Kier molecular flexibility index (Phi) is 4.47. The van der Waals surface area contributed by atoms with Gasteiger partial charge in [0.15, 0.2) is 23.3 Å². The van der Waals surface area contributed by atoms with Crippen LogP contribution in [0.25, 0.3) is 0 Å². The van der Waals surface area contributed by atoms with E-state index in [0.29, 0.717) is 0 Å². The molecule has 1 aromatic heterocycles. The summed E-state index contributed by atoms with van der Waals surface area (Å²) in [5.74, 6) is 3.26. The topological polar surface area (TPSA) is 63.0 Å². The normalized spacial score (nSPS) is 10.4. The third-order valence-electron chi connectivity index (χ3n) is 2.86. The summed E-state index contributed by atoms with van der Waals surface area (Å²) in [7, 11) is 0. The average molecular weight is 278 g/mol. The van der Waals surface area contributed by atoms with E-state index in [1.54, 1.807) is 0 Å². The van der Waals surface area contributed by atoms with Crippen LogP contribution in [0.2, 0.25) is 0 Å². The molecule has 20 heavy (non-hydrogen) atoms. The first-order valence-corrected chi connectivity index (χ1v) is 6.33. The van der Waals surface area contributed by atoms with Crippen LogP contribution in [0.1, 0.15) is 18.9 Å². The molecule has 0 spiro atoms. The zero-order valence-electron chi connectivity index (χ0n) is 11.1. The van der Waals surface area contributed by atoms with E-state index in [0.717, 1.165) is 30.2 Å². The van der Waals surface area contributed by atoms with Gasteiger partial charge in [-0.05, 0) is 18.1 Å². The first kappa shape index (κ1) is 14.2. The van der Waals surface area contributed by atoms with Crippen molar-refractivity contribution in [2.75, 3.05) is 10.7 Å². The number of aromatic nitrogens is 1. The van der Waals surface area contributed by atoms with Crippen LogP contribution in [0.5, 0.6) is 0 Å². The van der Waals surface area contributed by atoms with Gasteiger partial charge in [-0.3, -0.25) is 0 Å². The molecule has 0 aliphatic heterocycles. The number of pyridine rings is 1.